The lowest BCUT2D eigenvalue weighted by Crippen LogP contribution is -2.29. The molecule has 0 spiro atoms. The van der Waals surface area contributed by atoms with Crippen molar-refractivity contribution in [2.75, 3.05) is 13.1 Å². The molecule has 2 aromatic carbocycles. The van der Waals surface area contributed by atoms with E-state index < -0.39 is 0 Å². The number of carboxylic acid groups (broad SMARTS) is 1. The Morgan fingerprint density at radius 2 is 1.75 bits per heavy atom. The van der Waals surface area contributed by atoms with Crippen LogP contribution in [0.2, 0.25) is 0 Å². The Bertz CT molecular complexity index is 1180. The van der Waals surface area contributed by atoms with Crippen LogP contribution in [0.5, 0.6) is 0 Å². The SMILES string of the molecule is Cc1c(-c2ccccc2)cccc1-c1cc2nc(CN3CCCCC3)cnc2o1.O=CO. The molecule has 0 saturated carbocycles. The summed E-state index contributed by atoms with van der Waals surface area (Å²) in [5.41, 5.74) is 7.17. The molecule has 1 N–H and O–H groups in total. The second kappa shape index (κ2) is 10.2. The second-order valence-corrected chi connectivity index (χ2v) is 7.95. The molecule has 0 amide bonds. The summed E-state index contributed by atoms with van der Waals surface area (Å²) in [4.78, 5) is 20.2. The highest BCUT2D eigenvalue weighted by Crippen LogP contribution is 2.34. The predicted molar refractivity (Wildman–Crippen MR) is 125 cm³/mol. The zero-order valence-electron chi connectivity index (χ0n) is 18.2. The van der Waals surface area contributed by atoms with Crippen molar-refractivity contribution in [3.8, 4) is 22.5 Å². The normalized spacial score (nSPS) is 14.0. The maximum Gasteiger partial charge on any atom is 0.290 e. The molecule has 0 radical (unpaired) electrons. The molecule has 0 unspecified atom stereocenters. The van der Waals surface area contributed by atoms with Gasteiger partial charge >= 0.3 is 0 Å². The molecule has 1 saturated heterocycles. The largest absolute Gasteiger partial charge is 0.483 e. The Labute approximate surface area is 187 Å². The number of rotatable bonds is 4. The summed E-state index contributed by atoms with van der Waals surface area (Å²) in [6, 6.07) is 18.8. The molecule has 5 rings (SSSR count). The van der Waals surface area contributed by atoms with Gasteiger partial charge < -0.3 is 9.52 Å². The molecular weight excluding hydrogens is 402 g/mol. The zero-order valence-corrected chi connectivity index (χ0v) is 18.2. The van der Waals surface area contributed by atoms with Gasteiger partial charge in [-0.05, 0) is 49.5 Å². The van der Waals surface area contributed by atoms with Crippen molar-refractivity contribution in [3.05, 3.63) is 72.1 Å². The van der Waals surface area contributed by atoms with Crippen molar-refractivity contribution < 1.29 is 14.3 Å². The highest BCUT2D eigenvalue weighted by atomic mass is 16.3. The summed E-state index contributed by atoms with van der Waals surface area (Å²) >= 11 is 0. The number of furan rings is 1. The van der Waals surface area contributed by atoms with Crippen LogP contribution >= 0.6 is 0 Å². The van der Waals surface area contributed by atoms with Crippen molar-refractivity contribution in [1.82, 2.24) is 14.9 Å². The van der Waals surface area contributed by atoms with E-state index in [4.69, 9.17) is 19.3 Å². The van der Waals surface area contributed by atoms with E-state index in [9.17, 15) is 0 Å². The van der Waals surface area contributed by atoms with Gasteiger partial charge in [0.2, 0.25) is 5.71 Å². The van der Waals surface area contributed by atoms with Crippen LogP contribution in [0.1, 0.15) is 30.5 Å². The first kappa shape index (κ1) is 21.7. The van der Waals surface area contributed by atoms with Crippen LogP contribution in [0.15, 0.2) is 65.2 Å². The van der Waals surface area contributed by atoms with Gasteiger partial charge in [-0.25, -0.2) is 9.97 Å². The molecule has 164 valence electrons. The van der Waals surface area contributed by atoms with Gasteiger partial charge in [0.15, 0.2) is 0 Å². The lowest BCUT2D eigenvalue weighted by Gasteiger charge is -2.25. The maximum atomic E-state index is 8.36. The standard InChI is InChI=1S/C25H25N3O.CH2O2/c1-18-21(19-9-4-2-5-10-19)11-8-12-22(18)24-15-23-25(29-24)26-16-20(27-23)17-28-13-6-3-7-14-28;2-1-3/h2,4-5,8-12,15-16H,3,6-7,13-14,17H2,1H3;1H,(H,2,3). The van der Waals surface area contributed by atoms with E-state index >= 15 is 0 Å². The predicted octanol–water partition coefficient (Wildman–Crippen LogP) is 5.55. The highest BCUT2D eigenvalue weighted by molar-refractivity contribution is 5.81. The molecule has 0 aliphatic carbocycles. The van der Waals surface area contributed by atoms with Gasteiger partial charge in [0.1, 0.15) is 11.3 Å². The first-order valence-electron chi connectivity index (χ1n) is 10.9. The summed E-state index contributed by atoms with van der Waals surface area (Å²) in [5.74, 6) is 0.824. The number of aromatic nitrogens is 2. The highest BCUT2D eigenvalue weighted by Gasteiger charge is 2.15. The van der Waals surface area contributed by atoms with E-state index in [-0.39, 0.29) is 6.47 Å². The van der Waals surface area contributed by atoms with Crippen molar-refractivity contribution >= 4 is 17.7 Å². The van der Waals surface area contributed by atoms with E-state index in [2.05, 4.69) is 59.3 Å². The van der Waals surface area contributed by atoms with Crippen molar-refractivity contribution in [2.45, 2.75) is 32.7 Å². The van der Waals surface area contributed by atoms with E-state index in [1.807, 2.05) is 18.3 Å². The Morgan fingerprint density at radius 3 is 2.50 bits per heavy atom. The van der Waals surface area contributed by atoms with Gasteiger partial charge in [-0.15, -0.1) is 0 Å². The monoisotopic (exact) mass is 429 g/mol. The lowest BCUT2D eigenvalue weighted by atomic mass is 9.95. The fourth-order valence-electron chi connectivity index (χ4n) is 4.25. The Morgan fingerprint density at radius 1 is 1.03 bits per heavy atom. The quantitative estimate of drug-likeness (QED) is 0.428. The molecule has 6 heteroatoms. The van der Waals surface area contributed by atoms with Crippen LogP contribution in [0, 0.1) is 6.92 Å². The summed E-state index contributed by atoms with van der Waals surface area (Å²) in [7, 11) is 0. The third kappa shape index (κ3) is 4.86. The Hall–Kier alpha value is -3.51. The lowest BCUT2D eigenvalue weighted by molar-refractivity contribution is -0.122. The minimum absolute atomic E-state index is 0.250. The first-order chi connectivity index (χ1) is 15.7. The fraction of sp³-hybridized carbons (Fsp3) is 0.269. The Kier molecular flexibility index (Phi) is 6.92. The van der Waals surface area contributed by atoms with Crippen LogP contribution in [-0.2, 0) is 11.3 Å². The third-order valence-electron chi connectivity index (χ3n) is 5.81. The van der Waals surface area contributed by atoms with Gasteiger partial charge in [0.25, 0.3) is 6.47 Å². The van der Waals surface area contributed by atoms with Gasteiger partial charge in [-0.2, -0.15) is 0 Å². The molecular formula is C26H27N3O3. The molecule has 4 aromatic rings. The molecule has 6 nitrogen and oxygen atoms in total. The number of carbonyl (C=O) groups is 1. The first-order valence-corrected chi connectivity index (χ1v) is 10.9. The molecule has 3 heterocycles. The van der Waals surface area contributed by atoms with Crippen LogP contribution in [-0.4, -0.2) is 39.5 Å². The van der Waals surface area contributed by atoms with Gasteiger partial charge in [-0.3, -0.25) is 9.69 Å². The fourth-order valence-corrected chi connectivity index (χ4v) is 4.25. The summed E-state index contributed by atoms with van der Waals surface area (Å²) in [6.45, 7) is 5.07. The number of hydrogen-bond acceptors (Lipinski definition) is 5. The molecule has 32 heavy (non-hydrogen) atoms. The third-order valence-corrected chi connectivity index (χ3v) is 5.81. The Balaban J connectivity index is 0.000000775. The van der Waals surface area contributed by atoms with Crippen molar-refractivity contribution in [2.24, 2.45) is 0 Å². The molecule has 0 atom stereocenters. The van der Waals surface area contributed by atoms with E-state index in [1.165, 1.54) is 36.0 Å². The number of fused-ring (bicyclic) bond motifs is 1. The molecule has 1 aliphatic rings. The van der Waals surface area contributed by atoms with Crippen molar-refractivity contribution in [1.29, 1.82) is 0 Å². The van der Waals surface area contributed by atoms with E-state index in [0.717, 1.165) is 42.2 Å². The molecule has 2 aromatic heterocycles. The zero-order chi connectivity index (χ0) is 22.3. The van der Waals surface area contributed by atoms with E-state index in [0.29, 0.717) is 5.71 Å². The van der Waals surface area contributed by atoms with Crippen LogP contribution < -0.4 is 0 Å². The van der Waals surface area contributed by atoms with Gasteiger partial charge in [0.05, 0.1) is 11.9 Å². The number of hydrogen-bond donors (Lipinski definition) is 1. The minimum Gasteiger partial charge on any atom is -0.483 e. The van der Waals surface area contributed by atoms with Crippen LogP contribution in [0.4, 0.5) is 0 Å². The molecule has 0 bridgehead atoms. The second-order valence-electron chi connectivity index (χ2n) is 7.95. The molecule has 1 aliphatic heterocycles. The van der Waals surface area contributed by atoms with Gasteiger partial charge in [-0.1, -0.05) is 55.0 Å². The number of likely N-dealkylation sites (tertiary alicyclic amines) is 1. The summed E-state index contributed by atoms with van der Waals surface area (Å²) < 4.78 is 6.08. The van der Waals surface area contributed by atoms with Crippen LogP contribution in [0.3, 0.4) is 0 Å². The van der Waals surface area contributed by atoms with Gasteiger partial charge in [0, 0.05) is 18.2 Å². The average Bonchev–Trinajstić information content (AvgIpc) is 3.24. The maximum absolute atomic E-state index is 8.36. The molecule has 1 fully saturated rings. The smallest absolute Gasteiger partial charge is 0.290 e. The topological polar surface area (TPSA) is 79.5 Å². The number of piperidine rings is 1. The van der Waals surface area contributed by atoms with Crippen molar-refractivity contribution in [3.63, 3.8) is 0 Å². The number of nitrogens with zero attached hydrogens (tertiary/aromatic N) is 3. The van der Waals surface area contributed by atoms with Crippen LogP contribution in [0.25, 0.3) is 33.7 Å². The summed E-state index contributed by atoms with van der Waals surface area (Å²) in [5, 5.41) is 6.89. The minimum atomic E-state index is -0.250. The average molecular weight is 430 g/mol. The number of benzene rings is 2. The van der Waals surface area contributed by atoms with E-state index in [1.54, 1.807) is 0 Å². The summed E-state index contributed by atoms with van der Waals surface area (Å²) in [6.07, 6.45) is 5.76.